The highest BCUT2D eigenvalue weighted by atomic mass is 35.5. The molecule has 174 valence electrons. The van der Waals surface area contributed by atoms with Crippen molar-refractivity contribution >= 4 is 34.7 Å². The van der Waals surface area contributed by atoms with Crippen molar-refractivity contribution in [1.29, 1.82) is 0 Å². The molecule has 3 aromatic rings. The third-order valence-electron chi connectivity index (χ3n) is 5.72. The summed E-state index contributed by atoms with van der Waals surface area (Å²) in [5.74, 6) is -0.641. The summed E-state index contributed by atoms with van der Waals surface area (Å²) in [7, 11) is 0. The molecule has 5 nitrogen and oxygen atoms in total. The van der Waals surface area contributed by atoms with E-state index in [4.69, 9.17) is 16.3 Å². The van der Waals surface area contributed by atoms with Crippen LogP contribution in [0.4, 0.5) is 5.69 Å². The van der Waals surface area contributed by atoms with Crippen LogP contribution >= 0.6 is 11.6 Å². The molecule has 1 N–H and O–H groups in total. The zero-order valence-electron chi connectivity index (χ0n) is 19.3. The van der Waals surface area contributed by atoms with Crippen LogP contribution in [0.3, 0.4) is 0 Å². The fourth-order valence-electron chi connectivity index (χ4n) is 4.04. The van der Waals surface area contributed by atoms with Crippen LogP contribution in [-0.4, -0.2) is 23.4 Å². The molecule has 1 amide bonds. The monoisotopic (exact) mass is 475 g/mol. The molecule has 1 fully saturated rings. The number of rotatable bonds is 6. The van der Waals surface area contributed by atoms with Gasteiger partial charge in [-0.3, -0.25) is 14.5 Å². The number of amides is 1. The normalized spacial score (nSPS) is 17.4. The predicted octanol–water partition coefficient (Wildman–Crippen LogP) is 6.31. The van der Waals surface area contributed by atoms with E-state index in [-0.39, 0.29) is 11.3 Å². The van der Waals surface area contributed by atoms with Crippen LogP contribution < -0.4 is 9.64 Å². The molecule has 0 aliphatic carbocycles. The van der Waals surface area contributed by atoms with E-state index in [1.807, 2.05) is 31.2 Å². The minimum atomic E-state index is -0.789. The summed E-state index contributed by atoms with van der Waals surface area (Å²) in [6, 6.07) is 20.4. The maximum Gasteiger partial charge on any atom is 0.300 e. The summed E-state index contributed by atoms with van der Waals surface area (Å²) in [4.78, 5) is 28.0. The van der Waals surface area contributed by atoms with Crippen molar-refractivity contribution in [2.75, 3.05) is 11.5 Å². The molecule has 4 rings (SSSR count). The van der Waals surface area contributed by atoms with Gasteiger partial charge >= 0.3 is 0 Å². The van der Waals surface area contributed by atoms with Crippen molar-refractivity contribution in [1.82, 2.24) is 0 Å². The van der Waals surface area contributed by atoms with E-state index < -0.39 is 17.7 Å². The molecule has 0 spiro atoms. The van der Waals surface area contributed by atoms with Crippen LogP contribution in [0.2, 0.25) is 5.02 Å². The number of hydrogen-bond donors (Lipinski definition) is 1. The van der Waals surface area contributed by atoms with Crippen LogP contribution in [-0.2, 0) is 9.59 Å². The first kappa shape index (κ1) is 23.6. The number of benzene rings is 3. The van der Waals surface area contributed by atoms with Gasteiger partial charge in [-0.1, -0.05) is 61.8 Å². The van der Waals surface area contributed by atoms with Crippen molar-refractivity contribution in [3.8, 4) is 5.75 Å². The van der Waals surface area contributed by atoms with Gasteiger partial charge in [0.25, 0.3) is 11.7 Å². The molecular formula is C28H26ClNO4. The molecule has 1 atom stereocenters. The number of carbonyl (C=O) groups excluding carboxylic acids is 2. The van der Waals surface area contributed by atoms with Crippen LogP contribution in [0.1, 0.15) is 36.6 Å². The molecule has 0 radical (unpaired) electrons. The van der Waals surface area contributed by atoms with Crippen molar-refractivity contribution in [2.45, 2.75) is 26.8 Å². The van der Waals surface area contributed by atoms with Gasteiger partial charge in [0, 0.05) is 16.3 Å². The van der Waals surface area contributed by atoms with Gasteiger partial charge in [-0.25, -0.2) is 0 Å². The predicted molar refractivity (Wildman–Crippen MR) is 134 cm³/mol. The number of Topliss-reactive ketones (excluding diaryl/α,β-unsaturated/α-hetero) is 1. The van der Waals surface area contributed by atoms with Crippen LogP contribution in [0.15, 0.2) is 78.4 Å². The Morgan fingerprint density at radius 3 is 2.38 bits per heavy atom. The maximum absolute atomic E-state index is 13.3. The Morgan fingerprint density at radius 2 is 1.74 bits per heavy atom. The zero-order valence-corrected chi connectivity index (χ0v) is 20.0. The molecule has 1 heterocycles. The van der Waals surface area contributed by atoms with Crippen molar-refractivity contribution < 1.29 is 19.4 Å². The zero-order chi connectivity index (χ0) is 24.4. The number of anilines is 1. The highest BCUT2D eigenvalue weighted by Gasteiger charge is 2.47. The van der Waals surface area contributed by atoms with Crippen molar-refractivity contribution in [2.24, 2.45) is 5.92 Å². The van der Waals surface area contributed by atoms with Gasteiger partial charge in [0.15, 0.2) is 0 Å². The third kappa shape index (κ3) is 4.57. The molecule has 0 aromatic heterocycles. The fraction of sp³-hybridized carbons (Fsp3) is 0.214. The van der Waals surface area contributed by atoms with Gasteiger partial charge in [0.2, 0.25) is 0 Å². The summed E-state index contributed by atoms with van der Waals surface area (Å²) in [5, 5.41) is 11.6. The van der Waals surface area contributed by atoms with Crippen LogP contribution in [0, 0.1) is 12.8 Å². The second kappa shape index (κ2) is 9.74. The Morgan fingerprint density at radius 1 is 1.03 bits per heavy atom. The fourth-order valence-corrected chi connectivity index (χ4v) is 4.23. The van der Waals surface area contributed by atoms with E-state index in [0.717, 1.165) is 11.1 Å². The Labute approximate surface area is 204 Å². The first-order chi connectivity index (χ1) is 16.3. The van der Waals surface area contributed by atoms with E-state index in [0.29, 0.717) is 34.5 Å². The highest BCUT2D eigenvalue weighted by Crippen LogP contribution is 2.43. The molecule has 34 heavy (non-hydrogen) atoms. The van der Waals surface area contributed by atoms with Gasteiger partial charge in [-0.05, 0) is 60.4 Å². The van der Waals surface area contributed by atoms with Gasteiger partial charge in [0.1, 0.15) is 11.5 Å². The lowest BCUT2D eigenvalue weighted by atomic mass is 9.92. The lowest BCUT2D eigenvalue weighted by Gasteiger charge is -2.26. The molecule has 6 heteroatoms. The number of halogens is 1. The molecule has 1 saturated heterocycles. The standard InChI is InChI=1S/C28H26ClNO4/c1-17(2)16-34-22-13-11-21(12-14-22)30-25(23-10-5-4-7-18(23)3)24(27(32)28(30)33)26(31)19-8-6-9-20(29)15-19/h4-15,17,25,31H,16H2,1-3H3/b26-24+. The number of aliphatic hydroxyl groups is 1. The number of ketones is 1. The summed E-state index contributed by atoms with van der Waals surface area (Å²) < 4.78 is 5.76. The summed E-state index contributed by atoms with van der Waals surface area (Å²) in [6.45, 7) is 6.62. The summed E-state index contributed by atoms with van der Waals surface area (Å²) in [5.41, 5.74) is 2.60. The summed E-state index contributed by atoms with van der Waals surface area (Å²) >= 11 is 6.12. The molecular weight excluding hydrogens is 450 g/mol. The molecule has 1 unspecified atom stereocenters. The topological polar surface area (TPSA) is 66.8 Å². The number of aryl methyl sites for hydroxylation is 1. The largest absolute Gasteiger partial charge is 0.507 e. The molecule has 0 saturated carbocycles. The van der Waals surface area contributed by atoms with Crippen molar-refractivity contribution in [3.05, 3.63) is 100 Å². The first-order valence-electron chi connectivity index (χ1n) is 11.1. The van der Waals surface area contributed by atoms with E-state index >= 15 is 0 Å². The third-order valence-corrected chi connectivity index (χ3v) is 5.96. The SMILES string of the molecule is Cc1ccccc1C1/C(=C(\O)c2cccc(Cl)c2)C(=O)C(=O)N1c1ccc(OCC(C)C)cc1. The smallest absolute Gasteiger partial charge is 0.300 e. The number of ether oxygens (including phenoxy) is 1. The van der Waals surface area contributed by atoms with Crippen LogP contribution in [0.25, 0.3) is 5.76 Å². The lowest BCUT2D eigenvalue weighted by molar-refractivity contribution is -0.132. The number of carbonyl (C=O) groups is 2. The highest BCUT2D eigenvalue weighted by molar-refractivity contribution is 6.51. The number of hydrogen-bond acceptors (Lipinski definition) is 4. The van der Waals surface area contributed by atoms with Gasteiger partial charge in [0.05, 0.1) is 18.2 Å². The average Bonchev–Trinajstić information content (AvgIpc) is 3.08. The maximum atomic E-state index is 13.3. The molecule has 3 aromatic carbocycles. The van der Waals surface area contributed by atoms with E-state index in [9.17, 15) is 14.7 Å². The number of aliphatic hydroxyl groups excluding tert-OH is 1. The molecule has 1 aliphatic rings. The summed E-state index contributed by atoms with van der Waals surface area (Å²) in [6.07, 6.45) is 0. The average molecular weight is 476 g/mol. The Balaban J connectivity index is 1.85. The second-order valence-electron chi connectivity index (χ2n) is 8.73. The Hall–Kier alpha value is -3.57. The Bertz CT molecular complexity index is 1260. The van der Waals surface area contributed by atoms with E-state index in [1.54, 1.807) is 48.5 Å². The first-order valence-corrected chi connectivity index (χ1v) is 11.5. The van der Waals surface area contributed by atoms with Crippen molar-refractivity contribution in [3.63, 3.8) is 0 Å². The molecule has 1 aliphatic heterocycles. The minimum absolute atomic E-state index is 0.0294. The minimum Gasteiger partial charge on any atom is -0.507 e. The number of nitrogens with zero attached hydrogens (tertiary/aromatic N) is 1. The second-order valence-corrected chi connectivity index (χ2v) is 9.17. The lowest BCUT2D eigenvalue weighted by Crippen LogP contribution is -2.29. The van der Waals surface area contributed by atoms with Gasteiger partial charge in [-0.15, -0.1) is 0 Å². The molecule has 0 bridgehead atoms. The quantitative estimate of drug-likeness (QED) is 0.258. The van der Waals surface area contributed by atoms with Crippen LogP contribution in [0.5, 0.6) is 5.75 Å². The Kier molecular flexibility index (Phi) is 6.75. The van der Waals surface area contributed by atoms with Gasteiger partial charge < -0.3 is 9.84 Å². The van der Waals surface area contributed by atoms with E-state index in [1.165, 1.54) is 4.90 Å². The van der Waals surface area contributed by atoms with Gasteiger partial charge in [-0.2, -0.15) is 0 Å². The van der Waals surface area contributed by atoms with E-state index in [2.05, 4.69) is 13.8 Å².